The molecule has 0 aliphatic carbocycles. The Balaban J connectivity index is 2.16. The van der Waals surface area contributed by atoms with E-state index in [0.717, 1.165) is 16.8 Å². The van der Waals surface area contributed by atoms with E-state index in [1.54, 1.807) is 12.4 Å². The van der Waals surface area contributed by atoms with Crippen molar-refractivity contribution < 1.29 is 14.3 Å². The third kappa shape index (κ3) is 3.63. The van der Waals surface area contributed by atoms with Gasteiger partial charge in [-0.15, -0.1) is 0 Å². The predicted molar refractivity (Wildman–Crippen MR) is 102 cm³/mol. The summed E-state index contributed by atoms with van der Waals surface area (Å²) >= 11 is 0. The van der Waals surface area contributed by atoms with E-state index in [9.17, 15) is 4.79 Å². The maximum atomic E-state index is 12.9. The fourth-order valence-corrected chi connectivity index (χ4v) is 3.14. The lowest BCUT2D eigenvalue weighted by Crippen LogP contribution is -2.24. The van der Waals surface area contributed by atoms with Crippen LogP contribution in [0.2, 0.25) is 0 Å². The molecule has 1 atom stereocenters. The second-order valence-corrected chi connectivity index (χ2v) is 7.35. The van der Waals surface area contributed by atoms with Crippen LogP contribution >= 0.6 is 0 Å². The molecule has 0 radical (unpaired) electrons. The van der Waals surface area contributed by atoms with Crippen molar-refractivity contribution in [2.45, 2.75) is 46.3 Å². The van der Waals surface area contributed by atoms with Crippen molar-refractivity contribution in [1.29, 1.82) is 0 Å². The van der Waals surface area contributed by atoms with E-state index in [1.165, 1.54) is 7.11 Å². The Morgan fingerprint density at radius 2 is 1.93 bits per heavy atom. The topological polar surface area (TPSA) is 79.1 Å². The normalized spacial score (nSPS) is 12.8. The van der Waals surface area contributed by atoms with Gasteiger partial charge in [-0.25, -0.2) is 14.8 Å². The maximum absolute atomic E-state index is 12.9. The first-order chi connectivity index (χ1) is 12.7. The van der Waals surface area contributed by atoms with Gasteiger partial charge in [-0.05, 0) is 52.8 Å². The molecular formula is C20H24N4O3. The first-order valence-corrected chi connectivity index (χ1v) is 8.78. The summed E-state index contributed by atoms with van der Waals surface area (Å²) in [7, 11) is 1.53. The SMILES string of the molecule is COc1nccc(C(C)n2c(C)c(C(=O)OC(C)(C)C)c3cccnc32)n1. The molecule has 0 aliphatic rings. The molecule has 1 unspecified atom stereocenters. The van der Waals surface area contributed by atoms with Crippen LogP contribution in [-0.2, 0) is 4.74 Å². The van der Waals surface area contributed by atoms with Gasteiger partial charge >= 0.3 is 12.0 Å². The number of pyridine rings is 1. The monoisotopic (exact) mass is 368 g/mol. The molecule has 0 N–H and O–H groups in total. The Morgan fingerprint density at radius 1 is 1.19 bits per heavy atom. The van der Waals surface area contributed by atoms with Crippen molar-refractivity contribution in [2.24, 2.45) is 0 Å². The molecule has 3 rings (SSSR count). The smallest absolute Gasteiger partial charge is 0.341 e. The van der Waals surface area contributed by atoms with Crippen LogP contribution in [0.1, 0.15) is 55.5 Å². The quantitative estimate of drug-likeness (QED) is 0.653. The van der Waals surface area contributed by atoms with Crippen molar-refractivity contribution in [3.05, 3.63) is 47.5 Å². The average Bonchev–Trinajstić information content (AvgIpc) is 2.91. The summed E-state index contributed by atoms with van der Waals surface area (Å²) in [6.45, 7) is 9.46. The number of esters is 1. The Bertz CT molecular complexity index is 989. The van der Waals surface area contributed by atoms with Crippen LogP contribution in [0.25, 0.3) is 11.0 Å². The Kier molecular flexibility index (Phi) is 4.87. The summed E-state index contributed by atoms with van der Waals surface area (Å²) < 4.78 is 12.8. The predicted octanol–water partition coefficient (Wildman–Crippen LogP) is 3.71. The summed E-state index contributed by atoms with van der Waals surface area (Å²) in [5, 5.41) is 0.761. The zero-order valence-electron chi connectivity index (χ0n) is 16.5. The largest absolute Gasteiger partial charge is 0.467 e. The highest BCUT2D eigenvalue weighted by Gasteiger charge is 2.27. The molecule has 0 amide bonds. The molecule has 7 heteroatoms. The lowest BCUT2D eigenvalue weighted by molar-refractivity contribution is 0.00707. The molecule has 0 aliphatic heterocycles. The Morgan fingerprint density at radius 3 is 2.59 bits per heavy atom. The van der Waals surface area contributed by atoms with Gasteiger partial charge in [0.05, 0.1) is 24.4 Å². The molecule has 7 nitrogen and oxygen atoms in total. The van der Waals surface area contributed by atoms with Gasteiger partial charge in [-0.3, -0.25) is 0 Å². The maximum Gasteiger partial charge on any atom is 0.341 e. The minimum Gasteiger partial charge on any atom is -0.467 e. The molecule has 0 spiro atoms. The van der Waals surface area contributed by atoms with E-state index in [-0.39, 0.29) is 12.0 Å². The van der Waals surface area contributed by atoms with Crippen LogP contribution in [0, 0.1) is 6.92 Å². The third-order valence-electron chi connectivity index (χ3n) is 4.26. The molecule has 0 fully saturated rings. The van der Waals surface area contributed by atoms with Crippen LogP contribution < -0.4 is 4.74 Å². The van der Waals surface area contributed by atoms with Crippen LogP contribution in [0.15, 0.2) is 30.6 Å². The summed E-state index contributed by atoms with van der Waals surface area (Å²) in [5.74, 6) is -0.357. The molecule has 3 aromatic heterocycles. The molecule has 3 aromatic rings. The standard InChI is InChI=1S/C20H24N4O3/c1-12(15-9-11-22-19(23-15)26-6)24-13(2)16(18(25)27-20(3,4)5)14-8-7-10-21-17(14)24/h7-12H,1-6H3. The van der Waals surface area contributed by atoms with Gasteiger partial charge in [0, 0.05) is 23.5 Å². The first kappa shape index (κ1) is 18.8. The number of hydrogen-bond donors (Lipinski definition) is 0. The van der Waals surface area contributed by atoms with Gasteiger partial charge in [-0.2, -0.15) is 4.98 Å². The van der Waals surface area contributed by atoms with Crippen molar-refractivity contribution in [2.75, 3.05) is 7.11 Å². The lowest BCUT2D eigenvalue weighted by Gasteiger charge is -2.20. The number of nitrogens with zero attached hydrogens (tertiary/aromatic N) is 4. The molecule has 142 valence electrons. The number of methoxy groups -OCH3 is 1. The summed E-state index contributed by atoms with van der Waals surface area (Å²) in [5.41, 5.74) is 2.21. The fourth-order valence-electron chi connectivity index (χ4n) is 3.14. The highest BCUT2D eigenvalue weighted by Crippen LogP contribution is 2.31. The number of carbonyl (C=O) groups excluding carboxylic acids is 1. The number of carbonyl (C=O) groups is 1. The van der Waals surface area contributed by atoms with Gasteiger partial charge in [0.15, 0.2) is 0 Å². The lowest BCUT2D eigenvalue weighted by atomic mass is 10.1. The second kappa shape index (κ2) is 6.98. The minimum atomic E-state index is -0.578. The van der Waals surface area contributed by atoms with Crippen LogP contribution in [-0.4, -0.2) is 38.2 Å². The number of hydrogen-bond acceptors (Lipinski definition) is 6. The highest BCUT2D eigenvalue weighted by molar-refractivity contribution is 6.05. The third-order valence-corrected chi connectivity index (χ3v) is 4.26. The van der Waals surface area contributed by atoms with Crippen LogP contribution in [0.4, 0.5) is 0 Å². The van der Waals surface area contributed by atoms with Crippen molar-refractivity contribution in [1.82, 2.24) is 19.5 Å². The van der Waals surface area contributed by atoms with E-state index >= 15 is 0 Å². The van der Waals surface area contributed by atoms with Crippen LogP contribution in [0.3, 0.4) is 0 Å². The number of aromatic nitrogens is 4. The van der Waals surface area contributed by atoms with Crippen molar-refractivity contribution in [3.8, 4) is 6.01 Å². The Labute approximate surface area is 158 Å². The average molecular weight is 368 g/mol. The van der Waals surface area contributed by atoms with E-state index in [2.05, 4.69) is 15.0 Å². The zero-order chi connectivity index (χ0) is 19.8. The first-order valence-electron chi connectivity index (χ1n) is 8.78. The van der Waals surface area contributed by atoms with E-state index in [4.69, 9.17) is 9.47 Å². The molecule has 0 saturated carbocycles. The molecule has 27 heavy (non-hydrogen) atoms. The van der Waals surface area contributed by atoms with Crippen molar-refractivity contribution in [3.63, 3.8) is 0 Å². The minimum absolute atomic E-state index is 0.171. The van der Waals surface area contributed by atoms with Gasteiger partial charge < -0.3 is 14.0 Å². The molecular weight excluding hydrogens is 344 g/mol. The van der Waals surface area contributed by atoms with Gasteiger partial charge in [-0.1, -0.05) is 0 Å². The second-order valence-electron chi connectivity index (χ2n) is 7.35. The number of ether oxygens (including phenoxy) is 2. The summed E-state index contributed by atoms with van der Waals surface area (Å²) in [6.07, 6.45) is 3.37. The number of rotatable bonds is 4. The van der Waals surface area contributed by atoms with Gasteiger partial charge in [0.2, 0.25) is 0 Å². The molecule has 3 heterocycles. The summed E-state index contributed by atoms with van der Waals surface area (Å²) in [4.78, 5) is 25.9. The molecule has 0 bridgehead atoms. The highest BCUT2D eigenvalue weighted by atomic mass is 16.6. The van der Waals surface area contributed by atoms with E-state index in [1.807, 2.05) is 57.4 Å². The van der Waals surface area contributed by atoms with Crippen LogP contribution in [0.5, 0.6) is 6.01 Å². The number of fused-ring (bicyclic) bond motifs is 1. The van der Waals surface area contributed by atoms with Gasteiger partial charge in [0.1, 0.15) is 11.2 Å². The Hall–Kier alpha value is -2.96. The fraction of sp³-hybridized carbons (Fsp3) is 0.400. The summed E-state index contributed by atoms with van der Waals surface area (Å²) in [6, 6.07) is 5.66. The zero-order valence-corrected chi connectivity index (χ0v) is 16.5. The van der Waals surface area contributed by atoms with E-state index in [0.29, 0.717) is 17.2 Å². The van der Waals surface area contributed by atoms with E-state index < -0.39 is 5.60 Å². The van der Waals surface area contributed by atoms with Crippen molar-refractivity contribution >= 4 is 17.0 Å². The molecule has 0 saturated heterocycles. The molecule has 0 aromatic carbocycles. The van der Waals surface area contributed by atoms with Gasteiger partial charge in [0.25, 0.3) is 0 Å².